The largest absolute Gasteiger partial charge is 0.346 e. The van der Waals surface area contributed by atoms with Gasteiger partial charge < -0.3 is 4.57 Å². The molecule has 154 valence electrons. The van der Waals surface area contributed by atoms with Crippen molar-refractivity contribution in [2.24, 2.45) is 5.92 Å². The van der Waals surface area contributed by atoms with Crippen LogP contribution in [0.5, 0.6) is 0 Å². The van der Waals surface area contributed by atoms with E-state index in [9.17, 15) is 0 Å². The Morgan fingerprint density at radius 1 is 0.968 bits per heavy atom. The molecule has 1 aliphatic rings. The smallest absolute Gasteiger partial charge is 0.0788 e. The number of aromatic nitrogens is 4. The molecular weight excluding hydrogens is 380 g/mol. The summed E-state index contributed by atoms with van der Waals surface area (Å²) >= 11 is 0. The molecule has 4 nitrogen and oxygen atoms in total. The maximum atomic E-state index is 5.01. The number of nitrogens with one attached hydrogen (secondary N) is 1. The molecule has 4 heteroatoms. The number of rotatable bonds is 4. The molecule has 0 spiro atoms. The fourth-order valence-corrected chi connectivity index (χ4v) is 5.11. The normalized spacial score (nSPS) is 14.7. The summed E-state index contributed by atoms with van der Waals surface area (Å²) in [5, 5.41) is 9.66. The van der Waals surface area contributed by atoms with Gasteiger partial charge in [-0.15, -0.1) is 0 Å². The molecule has 0 aliphatic heterocycles. The van der Waals surface area contributed by atoms with E-state index in [0.717, 1.165) is 34.6 Å². The van der Waals surface area contributed by atoms with Gasteiger partial charge in [0.15, 0.2) is 0 Å². The Hall–Kier alpha value is -3.40. The predicted octanol–water partition coefficient (Wildman–Crippen LogP) is 6.75. The molecule has 31 heavy (non-hydrogen) atoms. The van der Waals surface area contributed by atoms with Crippen molar-refractivity contribution in [3.63, 3.8) is 0 Å². The van der Waals surface area contributed by atoms with Crippen LogP contribution in [0.15, 0.2) is 67.1 Å². The van der Waals surface area contributed by atoms with Crippen LogP contribution in [0.2, 0.25) is 0 Å². The average Bonchev–Trinajstić information content (AvgIpc) is 3.55. The summed E-state index contributed by atoms with van der Waals surface area (Å²) in [6, 6.07) is 17.5. The molecule has 1 N–H and O–H groups in total. The number of fused-ring (bicyclic) bond motifs is 2. The van der Waals surface area contributed by atoms with Crippen molar-refractivity contribution in [3.05, 3.63) is 72.7 Å². The monoisotopic (exact) mass is 406 g/mol. The fourth-order valence-electron chi connectivity index (χ4n) is 5.11. The van der Waals surface area contributed by atoms with Crippen LogP contribution in [-0.2, 0) is 6.54 Å². The van der Waals surface area contributed by atoms with Gasteiger partial charge in [0, 0.05) is 34.6 Å². The van der Waals surface area contributed by atoms with Gasteiger partial charge in [-0.1, -0.05) is 48.7 Å². The first-order valence-corrected chi connectivity index (χ1v) is 11.2. The molecule has 3 aromatic heterocycles. The number of benzene rings is 2. The molecule has 1 fully saturated rings. The maximum absolute atomic E-state index is 5.01. The summed E-state index contributed by atoms with van der Waals surface area (Å²) in [6.45, 7) is 3.21. The molecule has 1 aliphatic carbocycles. The number of nitrogens with zero attached hydrogens (tertiary/aromatic N) is 3. The first-order valence-electron chi connectivity index (χ1n) is 11.2. The Morgan fingerprint density at radius 2 is 1.77 bits per heavy atom. The van der Waals surface area contributed by atoms with Gasteiger partial charge >= 0.3 is 0 Å². The second-order valence-electron chi connectivity index (χ2n) is 8.94. The highest BCUT2D eigenvalue weighted by atomic mass is 15.1. The molecule has 0 radical (unpaired) electrons. The quantitative estimate of drug-likeness (QED) is 0.359. The topological polar surface area (TPSA) is 46.5 Å². The van der Waals surface area contributed by atoms with Crippen LogP contribution in [0.25, 0.3) is 44.2 Å². The molecule has 2 aromatic carbocycles. The third-order valence-electron chi connectivity index (χ3n) is 6.81. The van der Waals surface area contributed by atoms with Gasteiger partial charge in [-0.3, -0.25) is 10.1 Å². The summed E-state index contributed by atoms with van der Waals surface area (Å²) in [4.78, 5) is 5.01. The number of H-pyrrole nitrogens is 1. The van der Waals surface area contributed by atoms with E-state index in [1.807, 2.05) is 6.20 Å². The maximum Gasteiger partial charge on any atom is 0.0788 e. The molecule has 3 heterocycles. The Kier molecular flexibility index (Phi) is 4.37. The van der Waals surface area contributed by atoms with E-state index in [1.165, 1.54) is 53.3 Å². The Labute approximate surface area is 181 Å². The number of pyridine rings is 1. The minimum Gasteiger partial charge on any atom is -0.346 e. The molecular formula is C27H26N4. The van der Waals surface area contributed by atoms with Gasteiger partial charge in [0.2, 0.25) is 0 Å². The van der Waals surface area contributed by atoms with Crippen molar-refractivity contribution in [3.8, 4) is 22.4 Å². The Balaban J connectivity index is 1.56. The fraction of sp³-hybridized carbons (Fsp3) is 0.259. The molecule has 0 saturated heterocycles. The minimum absolute atomic E-state index is 0.790. The van der Waals surface area contributed by atoms with Crippen LogP contribution in [-0.4, -0.2) is 19.7 Å². The molecule has 0 amide bonds. The number of aromatic amines is 1. The van der Waals surface area contributed by atoms with E-state index >= 15 is 0 Å². The van der Waals surface area contributed by atoms with Gasteiger partial charge in [-0.05, 0) is 49.4 Å². The van der Waals surface area contributed by atoms with Crippen LogP contribution >= 0.6 is 0 Å². The summed E-state index contributed by atoms with van der Waals surface area (Å²) in [7, 11) is 0. The highest BCUT2D eigenvalue weighted by molar-refractivity contribution is 6.03. The first kappa shape index (κ1) is 18.4. The molecule has 1 saturated carbocycles. The number of aryl methyl sites for hydroxylation is 1. The van der Waals surface area contributed by atoms with Gasteiger partial charge in [-0.2, -0.15) is 5.10 Å². The lowest BCUT2D eigenvalue weighted by atomic mass is 9.95. The number of hydrogen-bond donors (Lipinski definition) is 1. The van der Waals surface area contributed by atoms with Crippen molar-refractivity contribution in [1.29, 1.82) is 0 Å². The van der Waals surface area contributed by atoms with E-state index in [1.54, 1.807) is 0 Å². The van der Waals surface area contributed by atoms with E-state index < -0.39 is 0 Å². The van der Waals surface area contributed by atoms with Crippen LogP contribution in [0.4, 0.5) is 0 Å². The van der Waals surface area contributed by atoms with E-state index in [2.05, 4.69) is 82.6 Å². The van der Waals surface area contributed by atoms with Gasteiger partial charge in [0.1, 0.15) is 0 Å². The molecule has 5 aromatic rings. The Morgan fingerprint density at radius 3 is 2.61 bits per heavy atom. The second kappa shape index (κ2) is 7.38. The van der Waals surface area contributed by atoms with Gasteiger partial charge in [-0.25, -0.2) is 0 Å². The van der Waals surface area contributed by atoms with Crippen LogP contribution in [0, 0.1) is 12.8 Å². The van der Waals surface area contributed by atoms with Gasteiger partial charge in [0.05, 0.1) is 29.1 Å². The van der Waals surface area contributed by atoms with Crippen molar-refractivity contribution >= 4 is 21.8 Å². The summed E-state index contributed by atoms with van der Waals surface area (Å²) in [5.74, 6) is 0.790. The third-order valence-corrected chi connectivity index (χ3v) is 6.81. The molecule has 6 rings (SSSR count). The van der Waals surface area contributed by atoms with Crippen molar-refractivity contribution in [2.45, 2.75) is 39.2 Å². The molecule has 0 atom stereocenters. The van der Waals surface area contributed by atoms with Crippen LogP contribution in [0.1, 0.15) is 31.2 Å². The van der Waals surface area contributed by atoms with Crippen LogP contribution < -0.4 is 0 Å². The van der Waals surface area contributed by atoms with E-state index in [0.29, 0.717) is 0 Å². The highest BCUT2D eigenvalue weighted by Gasteiger charge is 2.19. The zero-order valence-corrected chi connectivity index (χ0v) is 17.8. The van der Waals surface area contributed by atoms with Crippen molar-refractivity contribution < 1.29 is 0 Å². The Bertz CT molecular complexity index is 1370. The zero-order valence-electron chi connectivity index (χ0n) is 17.8. The lowest BCUT2D eigenvalue weighted by molar-refractivity contribution is 0.466. The van der Waals surface area contributed by atoms with Crippen LogP contribution in [0.3, 0.4) is 0 Å². The average molecular weight is 407 g/mol. The summed E-state index contributed by atoms with van der Waals surface area (Å²) < 4.78 is 2.41. The minimum atomic E-state index is 0.790. The first-order chi connectivity index (χ1) is 15.3. The van der Waals surface area contributed by atoms with E-state index in [-0.39, 0.29) is 0 Å². The van der Waals surface area contributed by atoms with Gasteiger partial charge in [0.25, 0.3) is 0 Å². The predicted molar refractivity (Wildman–Crippen MR) is 127 cm³/mol. The SMILES string of the molecule is Cc1ccc(-c2ncc3c(ccn3CC3CCCC3)c2-c2ccc3[nH]ncc3c2)cc1. The van der Waals surface area contributed by atoms with Crippen molar-refractivity contribution in [1.82, 2.24) is 19.7 Å². The molecule has 0 unspecified atom stereocenters. The standard InChI is InChI=1S/C27H26N4/c1-18-6-8-20(9-7-18)27-26(21-10-11-24-22(14-21)15-29-30-24)23-12-13-31(25(23)16-28-27)17-19-4-2-3-5-19/h6-16,19H,2-5,17H2,1H3,(H,29,30). The van der Waals surface area contributed by atoms with E-state index in [4.69, 9.17) is 4.98 Å². The lowest BCUT2D eigenvalue weighted by Gasteiger charge is -2.15. The summed E-state index contributed by atoms with van der Waals surface area (Å²) in [6.07, 6.45) is 11.6. The number of hydrogen-bond acceptors (Lipinski definition) is 2. The van der Waals surface area contributed by atoms with Crippen molar-refractivity contribution in [2.75, 3.05) is 0 Å². The zero-order chi connectivity index (χ0) is 20.8. The lowest BCUT2D eigenvalue weighted by Crippen LogP contribution is -2.06. The summed E-state index contributed by atoms with van der Waals surface area (Å²) in [5.41, 5.74) is 8.11. The third kappa shape index (κ3) is 3.23. The highest BCUT2D eigenvalue weighted by Crippen LogP contribution is 2.38. The second-order valence-corrected chi connectivity index (χ2v) is 8.94. The molecule has 0 bridgehead atoms.